The van der Waals surface area contributed by atoms with Gasteiger partial charge in [-0.3, -0.25) is 9.69 Å². The number of likely N-dealkylation sites (tertiary alicyclic amines) is 1. The van der Waals surface area contributed by atoms with Crippen molar-refractivity contribution >= 4 is 5.91 Å². The van der Waals surface area contributed by atoms with E-state index in [1.165, 1.54) is 31.5 Å². The van der Waals surface area contributed by atoms with Crippen LogP contribution in [0.1, 0.15) is 34.3 Å². The summed E-state index contributed by atoms with van der Waals surface area (Å²) >= 11 is 0. The van der Waals surface area contributed by atoms with Gasteiger partial charge in [-0.05, 0) is 61.3 Å². The Labute approximate surface area is 171 Å². The van der Waals surface area contributed by atoms with Crippen molar-refractivity contribution in [1.82, 2.24) is 15.2 Å². The van der Waals surface area contributed by atoms with E-state index < -0.39 is 0 Å². The molecular weight excluding hydrogens is 362 g/mol. The third kappa shape index (κ3) is 5.21. The number of carbonyl (C=O) groups is 1. The summed E-state index contributed by atoms with van der Waals surface area (Å²) in [4.78, 5) is 19.4. The molecular formula is C24H25N3O2. The smallest absolute Gasteiger partial charge is 0.257 e. The van der Waals surface area contributed by atoms with Crippen LogP contribution in [0.3, 0.4) is 0 Å². The molecule has 0 radical (unpaired) electrons. The maximum Gasteiger partial charge on any atom is 0.257 e. The Morgan fingerprint density at radius 1 is 0.931 bits per heavy atom. The maximum atomic E-state index is 12.7. The number of aromatic nitrogens is 1. The molecule has 1 amide bonds. The van der Waals surface area contributed by atoms with E-state index in [0.717, 1.165) is 12.1 Å². The summed E-state index contributed by atoms with van der Waals surface area (Å²) in [5, 5.41) is 2.96. The van der Waals surface area contributed by atoms with Crippen LogP contribution in [-0.4, -0.2) is 28.9 Å². The summed E-state index contributed by atoms with van der Waals surface area (Å²) < 4.78 is 5.79. The highest BCUT2D eigenvalue weighted by atomic mass is 16.5. The number of rotatable bonds is 7. The van der Waals surface area contributed by atoms with Gasteiger partial charge >= 0.3 is 0 Å². The average Bonchev–Trinajstić information content (AvgIpc) is 3.27. The molecule has 0 saturated carbocycles. The zero-order valence-electron chi connectivity index (χ0n) is 16.4. The normalized spacial score (nSPS) is 13.9. The molecule has 4 rings (SSSR count). The first-order valence-corrected chi connectivity index (χ1v) is 10.0. The van der Waals surface area contributed by atoms with Crippen molar-refractivity contribution in [3.8, 4) is 11.6 Å². The van der Waals surface area contributed by atoms with E-state index in [1.54, 1.807) is 18.3 Å². The summed E-state index contributed by atoms with van der Waals surface area (Å²) in [5.74, 6) is 0.746. The summed E-state index contributed by atoms with van der Waals surface area (Å²) in [6.45, 7) is 3.84. The van der Waals surface area contributed by atoms with Crippen molar-refractivity contribution < 1.29 is 9.53 Å². The number of hydrogen-bond acceptors (Lipinski definition) is 4. The molecule has 5 nitrogen and oxygen atoms in total. The van der Waals surface area contributed by atoms with Gasteiger partial charge in [-0.2, -0.15) is 0 Å². The minimum atomic E-state index is -0.204. The van der Waals surface area contributed by atoms with E-state index in [2.05, 4.69) is 39.5 Å². The molecule has 1 aliphatic heterocycles. The SMILES string of the molecule is O=C(NCc1ccc(CN2CCCC2)cc1)c1cccnc1Oc1ccccc1. The van der Waals surface area contributed by atoms with Crippen molar-refractivity contribution in [2.24, 2.45) is 0 Å². The van der Waals surface area contributed by atoms with Crippen molar-refractivity contribution in [3.05, 3.63) is 89.6 Å². The van der Waals surface area contributed by atoms with Crippen LogP contribution >= 0.6 is 0 Å². The highest BCUT2D eigenvalue weighted by molar-refractivity contribution is 5.96. The fourth-order valence-corrected chi connectivity index (χ4v) is 3.48. The summed E-state index contributed by atoms with van der Waals surface area (Å²) in [5.41, 5.74) is 2.80. The Bertz CT molecular complexity index is 936. The molecule has 0 aliphatic carbocycles. The van der Waals surface area contributed by atoms with E-state index >= 15 is 0 Å². The molecule has 1 aliphatic rings. The lowest BCUT2D eigenvalue weighted by Gasteiger charge is -2.15. The van der Waals surface area contributed by atoms with E-state index in [4.69, 9.17) is 4.74 Å². The lowest BCUT2D eigenvalue weighted by molar-refractivity contribution is 0.0948. The van der Waals surface area contributed by atoms with E-state index in [-0.39, 0.29) is 5.91 Å². The molecule has 2 heterocycles. The molecule has 5 heteroatoms. The van der Waals surface area contributed by atoms with Crippen LogP contribution in [-0.2, 0) is 13.1 Å². The van der Waals surface area contributed by atoms with Crippen molar-refractivity contribution in [3.63, 3.8) is 0 Å². The molecule has 1 saturated heterocycles. The molecule has 29 heavy (non-hydrogen) atoms. The number of nitrogens with zero attached hydrogens (tertiary/aromatic N) is 2. The second kappa shape index (κ2) is 9.34. The van der Waals surface area contributed by atoms with Crippen LogP contribution in [0.15, 0.2) is 72.9 Å². The molecule has 0 atom stereocenters. The molecule has 0 bridgehead atoms. The molecule has 3 aromatic rings. The number of nitrogens with one attached hydrogen (secondary N) is 1. The summed E-state index contributed by atoms with van der Waals surface area (Å²) in [7, 11) is 0. The average molecular weight is 387 g/mol. The molecule has 1 N–H and O–H groups in total. The zero-order valence-corrected chi connectivity index (χ0v) is 16.4. The number of para-hydroxylation sites is 1. The Kier molecular flexibility index (Phi) is 6.17. The van der Waals surface area contributed by atoms with Gasteiger partial charge in [-0.15, -0.1) is 0 Å². The second-order valence-electron chi connectivity index (χ2n) is 7.25. The van der Waals surface area contributed by atoms with Crippen LogP contribution in [0, 0.1) is 0 Å². The first-order chi connectivity index (χ1) is 14.3. The molecule has 0 spiro atoms. The van der Waals surface area contributed by atoms with Crippen LogP contribution in [0.25, 0.3) is 0 Å². The molecule has 1 fully saturated rings. The van der Waals surface area contributed by atoms with Crippen LogP contribution in [0.5, 0.6) is 11.6 Å². The Balaban J connectivity index is 1.36. The van der Waals surface area contributed by atoms with Gasteiger partial charge in [0.15, 0.2) is 0 Å². The first-order valence-electron chi connectivity index (χ1n) is 10.0. The van der Waals surface area contributed by atoms with Gasteiger partial charge in [0.25, 0.3) is 5.91 Å². The molecule has 0 unspecified atom stereocenters. The number of hydrogen-bond donors (Lipinski definition) is 1. The number of pyridine rings is 1. The predicted octanol–water partition coefficient (Wildman–Crippen LogP) is 4.40. The van der Waals surface area contributed by atoms with Gasteiger partial charge < -0.3 is 10.1 Å². The number of amides is 1. The number of benzene rings is 2. The van der Waals surface area contributed by atoms with Crippen LogP contribution < -0.4 is 10.1 Å². The predicted molar refractivity (Wildman–Crippen MR) is 113 cm³/mol. The Morgan fingerprint density at radius 2 is 1.66 bits per heavy atom. The fourth-order valence-electron chi connectivity index (χ4n) is 3.48. The number of carbonyl (C=O) groups excluding carboxylic acids is 1. The van der Waals surface area contributed by atoms with Gasteiger partial charge in [0, 0.05) is 19.3 Å². The van der Waals surface area contributed by atoms with E-state index in [1.807, 2.05) is 30.3 Å². The molecule has 148 valence electrons. The van der Waals surface area contributed by atoms with Crippen LogP contribution in [0.4, 0.5) is 0 Å². The minimum Gasteiger partial charge on any atom is -0.438 e. The van der Waals surface area contributed by atoms with Gasteiger partial charge in [-0.1, -0.05) is 42.5 Å². The quantitative estimate of drug-likeness (QED) is 0.653. The van der Waals surface area contributed by atoms with Crippen LogP contribution in [0.2, 0.25) is 0 Å². The Morgan fingerprint density at radius 3 is 2.41 bits per heavy atom. The highest BCUT2D eigenvalue weighted by Gasteiger charge is 2.14. The zero-order chi connectivity index (χ0) is 19.9. The lowest BCUT2D eigenvalue weighted by atomic mass is 10.1. The van der Waals surface area contributed by atoms with E-state index in [0.29, 0.717) is 23.7 Å². The Hall–Kier alpha value is -3.18. The topological polar surface area (TPSA) is 54.5 Å². The third-order valence-corrected chi connectivity index (χ3v) is 5.05. The van der Waals surface area contributed by atoms with Gasteiger partial charge in [0.05, 0.1) is 0 Å². The van der Waals surface area contributed by atoms with E-state index in [9.17, 15) is 4.79 Å². The molecule has 2 aromatic carbocycles. The summed E-state index contributed by atoms with van der Waals surface area (Å²) in [6.07, 6.45) is 4.22. The monoisotopic (exact) mass is 387 g/mol. The third-order valence-electron chi connectivity index (χ3n) is 5.05. The minimum absolute atomic E-state index is 0.204. The van der Waals surface area contributed by atoms with Crippen molar-refractivity contribution in [2.45, 2.75) is 25.9 Å². The van der Waals surface area contributed by atoms with Gasteiger partial charge in [-0.25, -0.2) is 4.98 Å². The maximum absolute atomic E-state index is 12.7. The largest absolute Gasteiger partial charge is 0.438 e. The first kappa shape index (κ1) is 19.2. The van der Waals surface area contributed by atoms with Crippen molar-refractivity contribution in [1.29, 1.82) is 0 Å². The van der Waals surface area contributed by atoms with Crippen molar-refractivity contribution in [2.75, 3.05) is 13.1 Å². The summed E-state index contributed by atoms with van der Waals surface area (Å²) in [6, 6.07) is 21.3. The number of ether oxygens (including phenoxy) is 1. The van der Waals surface area contributed by atoms with Gasteiger partial charge in [0.1, 0.15) is 11.3 Å². The second-order valence-corrected chi connectivity index (χ2v) is 7.25. The highest BCUT2D eigenvalue weighted by Crippen LogP contribution is 2.22. The standard InChI is InChI=1S/C24H25N3O2/c28-23(22-9-6-14-25-24(22)29-21-7-2-1-3-8-21)26-17-19-10-12-20(13-11-19)18-27-15-4-5-16-27/h1-3,6-14H,4-5,15-18H2,(H,26,28). The molecule has 1 aromatic heterocycles. The lowest BCUT2D eigenvalue weighted by Crippen LogP contribution is -2.23. The fraction of sp³-hybridized carbons (Fsp3) is 0.250. The van der Waals surface area contributed by atoms with Gasteiger partial charge in [0.2, 0.25) is 5.88 Å².